The van der Waals surface area contributed by atoms with Crippen LogP contribution in [0.2, 0.25) is 0 Å². The van der Waals surface area contributed by atoms with Crippen LogP contribution < -0.4 is 10.6 Å². The van der Waals surface area contributed by atoms with E-state index < -0.39 is 5.38 Å². The van der Waals surface area contributed by atoms with Crippen molar-refractivity contribution in [3.8, 4) is 0 Å². The molecular weight excluding hydrogens is 352 g/mol. The quantitative estimate of drug-likeness (QED) is 0.713. The first-order valence-electron chi connectivity index (χ1n) is 8.73. The van der Waals surface area contributed by atoms with Gasteiger partial charge in [0.2, 0.25) is 5.91 Å². The number of nitrogens with one attached hydrogen (secondary N) is 2. The molecule has 1 atom stereocenters. The normalized spacial score (nSPS) is 11.9. The lowest BCUT2D eigenvalue weighted by atomic mass is 10.1. The van der Waals surface area contributed by atoms with E-state index >= 15 is 0 Å². The molecule has 26 heavy (non-hydrogen) atoms. The first-order chi connectivity index (χ1) is 12.3. The molecule has 0 saturated heterocycles. The van der Waals surface area contributed by atoms with Crippen LogP contribution in [0.15, 0.2) is 24.3 Å². The summed E-state index contributed by atoms with van der Waals surface area (Å²) in [5.74, 6) is -0.561. The highest BCUT2D eigenvalue weighted by Gasteiger charge is 2.16. The molecule has 1 aromatic heterocycles. The molecule has 0 saturated carbocycles. The van der Waals surface area contributed by atoms with Crippen LogP contribution in [0.25, 0.3) is 0 Å². The summed E-state index contributed by atoms with van der Waals surface area (Å²) in [6.45, 7) is 8.38. The van der Waals surface area contributed by atoms with Gasteiger partial charge in [-0.15, -0.1) is 11.6 Å². The summed E-state index contributed by atoms with van der Waals surface area (Å²) in [6.07, 6.45) is 2.12. The van der Waals surface area contributed by atoms with E-state index in [1.165, 1.54) is 0 Å². The van der Waals surface area contributed by atoms with Crippen LogP contribution in [0.1, 0.15) is 48.4 Å². The van der Waals surface area contributed by atoms with Crippen LogP contribution in [-0.4, -0.2) is 27.0 Å². The first-order valence-corrected chi connectivity index (χ1v) is 9.17. The number of carbonyl (C=O) groups is 2. The van der Waals surface area contributed by atoms with Gasteiger partial charge in [-0.1, -0.05) is 19.4 Å². The second-order valence-electron chi connectivity index (χ2n) is 6.26. The summed E-state index contributed by atoms with van der Waals surface area (Å²) >= 11 is 5.76. The van der Waals surface area contributed by atoms with Crippen LogP contribution >= 0.6 is 11.6 Å². The Bertz CT molecular complexity index is 799. The number of hydrogen-bond acceptors (Lipinski definition) is 3. The molecule has 6 nitrogen and oxygen atoms in total. The number of amides is 2. The smallest absolute Gasteiger partial charge is 0.255 e. The molecule has 2 amide bonds. The molecule has 0 aliphatic carbocycles. The maximum atomic E-state index is 12.6. The van der Waals surface area contributed by atoms with Gasteiger partial charge in [-0.2, -0.15) is 5.10 Å². The lowest BCUT2D eigenvalue weighted by Gasteiger charge is -2.10. The fourth-order valence-corrected chi connectivity index (χ4v) is 2.62. The van der Waals surface area contributed by atoms with Gasteiger partial charge in [0.05, 0.1) is 17.1 Å². The molecule has 1 aromatic carbocycles. The third-order valence-electron chi connectivity index (χ3n) is 4.10. The highest BCUT2D eigenvalue weighted by molar-refractivity contribution is 6.32. The molecule has 7 heteroatoms. The second kappa shape index (κ2) is 8.85. The Morgan fingerprint density at radius 1 is 1.27 bits per heavy atom. The largest absolute Gasteiger partial charge is 0.325 e. The van der Waals surface area contributed by atoms with E-state index in [1.807, 2.05) is 18.5 Å². The van der Waals surface area contributed by atoms with Gasteiger partial charge in [0.25, 0.3) is 5.91 Å². The number of carbonyl (C=O) groups excluding carboxylic acids is 2. The van der Waals surface area contributed by atoms with Crippen molar-refractivity contribution < 1.29 is 9.59 Å². The molecule has 0 aliphatic rings. The van der Waals surface area contributed by atoms with Gasteiger partial charge >= 0.3 is 0 Å². The molecule has 0 spiro atoms. The SMILES string of the molecule is CCCCn1nc(C)c(NC(=O)c2cccc(NC(=O)[C@H](C)Cl)c2)c1C. The lowest BCUT2D eigenvalue weighted by molar-refractivity contribution is -0.115. The van der Waals surface area contributed by atoms with Crippen molar-refractivity contribution in [3.05, 3.63) is 41.2 Å². The summed E-state index contributed by atoms with van der Waals surface area (Å²) in [5.41, 5.74) is 3.43. The number of alkyl halides is 1. The van der Waals surface area contributed by atoms with Crippen molar-refractivity contribution in [3.63, 3.8) is 0 Å². The van der Waals surface area contributed by atoms with E-state index in [0.717, 1.165) is 36.5 Å². The Balaban J connectivity index is 2.15. The van der Waals surface area contributed by atoms with E-state index in [9.17, 15) is 9.59 Å². The minimum Gasteiger partial charge on any atom is -0.325 e. The Labute approximate surface area is 158 Å². The minimum atomic E-state index is -0.647. The average molecular weight is 377 g/mol. The van der Waals surface area contributed by atoms with Crippen LogP contribution in [-0.2, 0) is 11.3 Å². The molecule has 2 N–H and O–H groups in total. The van der Waals surface area contributed by atoms with Crippen molar-refractivity contribution >= 4 is 34.8 Å². The fraction of sp³-hybridized carbons (Fsp3) is 0.421. The van der Waals surface area contributed by atoms with Gasteiger partial charge in [-0.05, 0) is 45.4 Å². The zero-order valence-electron chi connectivity index (χ0n) is 15.6. The molecule has 0 unspecified atom stereocenters. The monoisotopic (exact) mass is 376 g/mol. The lowest BCUT2D eigenvalue weighted by Crippen LogP contribution is -2.20. The number of benzene rings is 1. The summed E-state index contributed by atoms with van der Waals surface area (Å²) < 4.78 is 1.92. The molecule has 140 valence electrons. The molecule has 2 rings (SSSR count). The van der Waals surface area contributed by atoms with Crippen LogP contribution in [0.4, 0.5) is 11.4 Å². The number of nitrogens with zero attached hydrogens (tertiary/aromatic N) is 2. The first kappa shape index (κ1) is 20.0. The standard InChI is InChI=1S/C19H25ClN4O2/c1-5-6-10-24-14(4)17(13(3)23-24)22-19(26)15-8-7-9-16(11-15)21-18(25)12(2)20/h7-9,11-12H,5-6,10H2,1-4H3,(H,21,25)(H,22,26)/t12-/m0/s1. The highest BCUT2D eigenvalue weighted by Crippen LogP contribution is 2.21. The van der Waals surface area contributed by atoms with Crippen molar-refractivity contribution in [1.29, 1.82) is 0 Å². The maximum absolute atomic E-state index is 12.6. The Morgan fingerprint density at radius 2 is 2.00 bits per heavy atom. The minimum absolute atomic E-state index is 0.249. The summed E-state index contributed by atoms with van der Waals surface area (Å²) in [6, 6.07) is 6.75. The number of rotatable bonds is 7. The Morgan fingerprint density at radius 3 is 2.65 bits per heavy atom. The Kier molecular flexibility index (Phi) is 6.80. The zero-order chi connectivity index (χ0) is 19.3. The van der Waals surface area contributed by atoms with Gasteiger partial charge in [0.15, 0.2) is 0 Å². The van der Waals surface area contributed by atoms with E-state index in [0.29, 0.717) is 11.3 Å². The van der Waals surface area contributed by atoms with Crippen molar-refractivity contribution in [2.75, 3.05) is 10.6 Å². The van der Waals surface area contributed by atoms with Crippen LogP contribution in [0.3, 0.4) is 0 Å². The second-order valence-corrected chi connectivity index (χ2v) is 6.92. The average Bonchev–Trinajstić information content (AvgIpc) is 2.87. The molecule has 0 fully saturated rings. The van der Waals surface area contributed by atoms with E-state index in [-0.39, 0.29) is 11.8 Å². The number of halogens is 1. The number of unbranched alkanes of at least 4 members (excludes halogenated alkanes) is 1. The van der Waals surface area contributed by atoms with E-state index in [1.54, 1.807) is 31.2 Å². The third-order valence-corrected chi connectivity index (χ3v) is 4.30. The van der Waals surface area contributed by atoms with Gasteiger partial charge < -0.3 is 10.6 Å². The molecule has 2 aromatic rings. The molecular formula is C19H25ClN4O2. The molecule has 0 radical (unpaired) electrons. The maximum Gasteiger partial charge on any atom is 0.255 e. The number of anilines is 2. The van der Waals surface area contributed by atoms with Crippen LogP contribution in [0.5, 0.6) is 0 Å². The predicted molar refractivity (Wildman–Crippen MR) is 105 cm³/mol. The van der Waals surface area contributed by atoms with Gasteiger partial charge in [-0.3, -0.25) is 14.3 Å². The number of aryl methyl sites for hydroxylation is 2. The van der Waals surface area contributed by atoms with Gasteiger partial charge in [-0.25, -0.2) is 0 Å². The number of aromatic nitrogens is 2. The van der Waals surface area contributed by atoms with Gasteiger partial charge in [0.1, 0.15) is 5.38 Å². The van der Waals surface area contributed by atoms with Crippen molar-refractivity contribution in [2.24, 2.45) is 0 Å². The highest BCUT2D eigenvalue weighted by atomic mass is 35.5. The van der Waals surface area contributed by atoms with E-state index in [4.69, 9.17) is 11.6 Å². The van der Waals surface area contributed by atoms with E-state index in [2.05, 4.69) is 22.7 Å². The fourth-order valence-electron chi connectivity index (χ4n) is 2.57. The van der Waals surface area contributed by atoms with Gasteiger partial charge in [0, 0.05) is 17.8 Å². The summed E-state index contributed by atoms with van der Waals surface area (Å²) in [4.78, 5) is 24.3. The molecule has 0 aliphatic heterocycles. The molecule has 0 bridgehead atoms. The Hall–Kier alpha value is -2.34. The topological polar surface area (TPSA) is 76.0 Å². The van der Waals surface area contributed by atoms with Crippen molar-refractivity contribution in [2.45, 2.75) is 52.5 Å². The van der Waals surface area contributed by atoms with Crippen LogP contribution in [0, 0.1) is 13.8 Å². The number of hydrogen-bond donors (Lipinski definition) is 2. The van der Waals surface area contributed by atoms with Crippen molar-refractivity contribution in [1.82, 2.24) is 9.78 Å². The zero-order valence-corrected chi connectivity index (χ0v) is 16.4. The summed E-state index contributed by atoms with van der Waals surface area (Å²) in [7, 11) is 0. The summed E-state index contributed by atoms with van der Waals surface area (Å²) in [5, 5.41) is 9.47. The predicted octanol–water partition coefficient (Wildman–Crippen LogP) is 4.12. The molecule has 1 heterocycles. The third kappa shape index (κ3) is 4.85.